The van der Waals surface area contributed by atoms with Crippen molar-refractivity contribution in [2.24, 2.45) is 0 Å². The van der Waals surface area contributed by atoms with Crippen molar-refractivity contribution in [2.75, 3.05) is 6.61 Å². The molecular weight excluding hydrogens is 122 g/mol. The van der Waals surface area contributed by atoms with Crippen molar-refractivity contribution in [3.05, 3.63) is 0 Å². The van der Waals surface area contributed by atoms with Gasteiger partial charge in [-0.15, -0.1) is 0 Å². The molecule has 0 rings (SSSR count). The Bertz CT molecular complexity index is 61.2. The molecule has 0 aliphatic heterocycles. The van der Waals surface area contributed by atoms with Crippen LogP contribution in [0.25, 0.3) is 0 Å². The molecule has 0 fully saturated rings. The lowest BCUT2D eigenvalue weighted by atomic mass is 10.2. The van der Waals surface area contributed by atoms with Crippen molar-refractivity contribution in [3.63, 3.8) is 0 Å². The molecule has 4 N–H and O–H groups in total. The molecule has 56 valence electrons. The van der Waals surface area contributed by atoms with Gasteiger partial charge in [-0.1, -0.05) is 0 Å². The first kappa shape index (κ1) is 8.84. The Balaban J connectivity index is 3.22. The van der Waals surface area contributed by atoms with E-state index in [0.717, 1.165) is 0 Å². The number of nitrogens with one attached hydrogen (secondary N) is 1. The highest BCUT2D eigenvalue weighted by molar-refractivity contribution is 4.61. The van der Waals surface area contributed by atoms with Crippen LogP contribution in [0.5, 0.6) is 0 Å². The highest BCUT2D eigenvalue weighted by atomic mass is 16.5. The van der Waals surface area contributed by atoms with Gasteiger partial charge >= 0.3 is 0 Å². The van der Waals surface area contributed by atoms with Crippen LogP contribution >= 0.6 is 0 Å². The van der Waals surface area contributed by atoms with E-state index in [0.29, 0.717) is 6.42 Å². The first-order valence-corrected chi connectivity index (χ1v) is 2.89. The van der Waals surface area contributed by atoms with Crippen LogP contribution in [0.2, 0.25) is 0 Å². The van der Waals surface area contributed by atoms with Gasteiger partial charge in [0.1, 0.15) is 0 Å². The van der Waals surface area contributed by atoms with E-state index >= 15 is 0 Å². The van der Waals surface area contributed by atoms with Gasteiger partial charge in [-0.25, -0.2) is 5.48 Å². The molecule has 0 bridgehead atoms. The minimum absolute atomic E-state index is 0.174. The summed E-state index contributed by atoms with van der Waals surface area (Å²) < 4.78 is 0. The second kappa shape index (κ2) is 4.69. The summed E-state index contributed by atoms with van der Waals surface area (Å²) >= 11 is 0. The number of hydrogen-bond donors (Lipinski definition) is 4. The summed E-state index contributed by atoms with van der Waals surface area (Å²) in [6.45, 7) is 1.45. The lowest BCUT2D eigenvalue weighted by molar-refractivity contribution is 0.0538. The number of rotatable bonds is 4. The minimum Gasteiger partial charge on any atom is -0.394 e. The van der Waals surface area contributed by atoms with Crippen LogP contribution in [0.15, 0.2) is 0 Å². The first-order valence-electron chi connectivity index (χ1n) is 2.89. The number of hydrogen-bond acceptors (Lipinski definition) is 4. The standard InChI is InChI=1S/C5H13NO3/c1-4(6-9)2-5(8)3-7/h4-9H,2-3H2,1H3. The van der Waals surface area contributed by atoms with Crippen LogP contribution in [-0.2, 0) is 0 Å². The highest BCUT2D eigenvalue weighted by Crippen LogP contribution is 1.94. The maximum Gasteiger partial charge on any atom is 0.0786 e. The average molecular weight is 135 g/mol. The van der Waals surface area contributed by atoms with Crippen LogP contribution in [0.1, 0.15) is 13.3 Å². The van der Waals surface area contributed by atoms with Gasteiger partial charge in [0.05, 0.1) is 12.7 Å². The summed E-state index contributed by atoms with van der Waals surface area (Å²) in [7, 11) is 0. The predicted molar refractivity (Wildman–Crippen MR) is 32.1 cm³/mol. The summed E-state index contributed by atoms with van der Waals surface area (Å²) in [6.07, 6.45) is -0.382. The van der Waals surface area contributed by atoms with Gasteiger partial charge in [-0.3, -0.25) is 0 Å². The SMILES string of the molecule is CC(CC(O)CO)NO. The smallest absolute Gasteiger partial charge is 0.0786 e. The Hall–Kier alpha value is -0.160. The molecule has 4 nitrogen and oxygen atoms in total. The molecule has 0 saturated carbocycles. The van der Waals surface area contributed by atoms with Crippen molar-refractivity contribution in [1.29, 1.82) is 0 Å². The van der Waals surface area contributed by atoms with Gasteiger partial charge in [0.15, 0.2) is 0 Å². The summed E-state index contributed by atoms with van der Waals surface area (Å²) in [5.41, 5.74) is 1.96. The summed E-state index contributed by atoms with van der Waals surface area (Å²) in [5.74, 6) is 0. The fourth-order valence-corrected chi connectivity index (χ4v) is 0.535. The lowest BCUT2D eigenvalue weighted by Crippen LogP contribution is -2.28. The molecule has 0 heterocycles. The topological polar surface area (TPSA) is 72.7 Å². The maximum atomic E-state index is 8.76. The van der Waals surface area contributed by atoms with Gasteiger partial charge in [-0.2, -0.15) is 0 Å². The van der Waals surface area contributed by atoms with Crippen molar-refractivity contribution >= 4 is 0 Å². The van der Waals surface area contributed by atoms with Gasteiger partial charge < -0.3 is 15.4 Å². The molecule has 0 aromatic rings. The maximum absolute atomic E-state index is 8.76. The number of hydroxylamine groups is 1. The third-order valence-corrected chi connectivity index (χ3v) is 1.06. The second-order valence-electron chi connectivity index (χ2n) is 2.10. The molecule has 0 aromatic heterocycles. The van der Waals surface area contributed by atoms with Crippen molar-refractivity contribution in [3.8, 4) is 0 Å². The van der Waals surface area contributed by atoms with E-state index in [9.17, 15) is 0 Å². The molecule has 0 saturated heterocycles. The van der Waals surface area contributed by atoms with Crippen LogP contribution in [0.3, 0.4) is 0 Å². The Labute approximate surface area is 54.1 Å². The zero-order valence-corrected chi connectivity index (χ0v) is 5.41. The third-order valence-electron chi connectivity index (χ3n) is 1.06. The first-order chi connectivity index (χ1) is 4.20. The molecule has 0 aromatic carbocycles. The van der Waals surface area contributed by atoms with Gasteiger partial charge in [-0.05, 0) is 13.3 Å². The van der Waals surface area contributed by atoms with E-state index in [1.807, 2.05) is 5.48 Å². The normalized spacial score (nSPS) is 17.3. The monoisotopic (exact) mass is 135 g/mol. The van der Waals surface area contributed by atoms with Gasteiger partial charge in [0, 0.05) is 6.04 Å². The van der Waals surface area contributed by atoms with Gasteiger partial charge in [0.2, 0.25) is 0 Å². The van der Waals surface area contributed by atoms with Crippen molar-refractivity contribution < 1.29 is 15.4 Å². The quantitative estimate of drug-likeness (QED) is 0.377. The highest BCUT2D eigenvalue weighted by Gasteiger charge is 2.06. The number of aliphatic hydroxyl groups excluding tert-OH is 2. The molecule has 0 aliphatic carbocycles. The molecule has 2 unspecified atom stereocenters. The Morgan fingerprint density at radius 2 is 2.11 bits per heavy atom. The van der Waals surface area contributed by atoms with Crippen molar-refractivity contribution in [1.82, 2.24) is 5.48 Å². The molecule has 2 atom stereocenters. The van der Waals surface area contributed by atoms with Gasteiger partial charge in [0.25, 0.3) is 0 Å². The van der Waals surface area contributed by atoms with E-state index in [1.165, 1.54) is 0 Å². The molecular formula is C5H13NO3. The van der Waals surface area contributed by atoms with Crippen LogP contribution < -0.4 is 5.48 Å². The molecule has 0 aliphatic rings. The average Bonchev–Trinajstić information content (AvgIpc) is 1.87. The summed E-state index contributed by atoms with van der Waals surface area (Å²) in [6, 6.07) is -0.174. The molecule has 0 radical (unpaired) electrons. The van der Waals surface area contributed by atoms with Crippen LogP contribution in [0, 0.1) is 0 Å². The lowest BCUT2D eigenvalue weighted by Gasteiger charge is -2.11. The third kappa shape index (κ3) is 4.35. The molecule has 0 spiro atoms. The Morgan fingerprint density at radius 1 is 1.56 bits per heavy atom. The molecule has 0 amide bonds. The fourth-order valence-electron chi connectivity index (χ4n) is 0.535. The number of aliphatic hydroxyl groups is 2. The largest absolute Gasteiger partial charge is 0.394 e. The van der Waals surface area contributed by atoms with E-state index in [1.54, 1.807) is 6.92 Å². The van der Waals surface area contributed by atoms with Crippen molar-refractivity contribution in [2.45, 2.75) is 25.5 Å². The summed E-state index contributed by atoms with van der Waals surface area (Å²) in [5, 5.41) is 25.3. The van der Waals surface area contributed by atoms with Crippen LogP contribution in [-0.4, -0.2) is 34.2 Å². The summed E-state index contributed by atoms with van der Waals surface area (Å²) in [4.78, 5) is 0. The Kier molecular flexibility index (Phi) is 4.61. The van der Waals surface area contributed by atoms with E-state index in [2.05, 4.69) is 0 Å². The van der Waals surface area contributed by atoms with E-state index in [-0.39, 0.29) is 12.6 Å². The fraction of sp³-hybridized carbons (Fsp3) is 1.00. The van der Waals surface area contributed by atoms with E-state index in [4.69, 9.17) is 15.4 Å². The minimum atomic E-state index is -0.736. The van der Waals surface area contributed by atoms with Crippen LogP contribution in [0.4, 0.5) is 0 Å². The second-order valence-corrected chi connectivity index (χ2v) is 2.10. The molecule has 4 heteroatoms. The zero-order chi connectivity index (χ0) is 7.28. The predicted octanol–water partition coefficient (Wildman–Crippen LogP) is -0.903. The zero-order valence-electron chi connectivity index (χ0n) is 5.41. The molecule has 9 heavy (non-hydrogen) atoms. The Morgan fingerprint density at radius 3 is 2.44 bits per heavy atom. The van der Waals surface area contributed by atoms with E-state index < -0.39 is 6.10 Å².